The highest BCUT2D eigenvalue weighted by Gasteiger charge is 2.04. The lowest BCUT2D eigenvalue weighted by Gasteiger charge is -2.10. The first-order chi connectivity index (χ1) is 8.22. The van der Waals surface area contributed by atoms with E-state index in [0.717, 1.165) is 12.0 Å². The van der Waals surface area contributed by atoms with Gasteiger partial charge in [-0.3, -0.25) is 0 Å². The molecule has 0 aromatic heterocycles. The predicted molar refractivity (Wildman–Crippen MR) is 75.1 cm³/mol. The van der Waals surface area contributed by atoms with Crippen molar-refractivity contribution in [1.82, 2.24) is 0 Å². The Kier molecular flexibility index (Phi) is 3.43. The van der Waals surface area contributed by atoms with Crippen molar-refractivity contribution in [2.75, 3.05) is 0 Å². The van der Waals surface area contributed by atoms with Crippen molar-refractivity contribution < 1.29 is 0 Å². The molecule has 0 heteroatoms. The van der Waals surface area contributed by atoms with E-state index >= 15 is 0 Å². The maximum Gasteiger partial charge on any atom is -0.0155 e. The highest BCUT2D eigenvalue weighted by molar-refractivity contribution is 5.79. The Hall–Kier alpha value is -1.82. The predicted octanol–water partition coefficient (Wildman–Crippen LogP) is 4.62. The van der Waals surface area contributed by atoms with E-state index < -0.39 is 0 Å². The number of rotatable bonds is 3. The second kappa shape index (κ2) is 5.01. The van der Waals surface area contributed by atoms with Crippen LogP contribution in [0, 0.1) is 6.92 Å². The first kappa shape index (κ1) is 11.7. The largest absolute Gasteiger partial charge is 0.0905 e. The van der Waals surface area contributed by atoms with Gasteiger partial charge in [0, 0.05) is 0 Å². The van der Waals surface area contributed by atoms with Crippen LogP contribution in [-0.2, 0) is 6.42 Å². The lowest BCUT2D eigenvalue weighted by atomic mass is 9.95. The molecular formula is C17H18. The van der Waals surface area contributed by atoms with E-state index in [1.807, 2.05) is 0 Å². The van der Waals surface area contributed by atoms with Gasteiger partial charge in [-0.2, -0.15) is 0 Å². The number of benzene rings is 2. The summed E-state index contributed by atoms with van der Waals surface area (Å²) >= 11 is 0. The molecule has 0 spiro atoms. The van der Waals surface area contributed by atoms with Gasteiger partial charge in [0.15, 0.2) is 0 Å². The fraction of sp³-hybridized carbons (Fsp3) is 0.176. The van der Waals surface area contributed by atoms with Gasteiger partial charge in [0.2, 0.25) is 0 Å². The minimum Gasteiger partial charge on any atom is -0.0905 e. The summed E-state index contributed by atoms with van der Waals surface area (Å²) in [6, 6.07) is 17.1. The van der Waals surface area contributed by atoms with Crippen LogP contribution in [0.5, 0.6) is 0 Å². The van der Waals surface area contributed by atoms with Gasteiger partial charge >= 0.3 is 0 Å². The number of hydrogen-bond acceptors (Lipinski definition) is 0. The van der Waals surface area contributed by atoms with Gasteiger partial charge in [0.25, 0.3) is 0 Å². The van der Waals surface area contributed by atoms with Crippen LogP contribution >= 0.6 is 0 Å². The third-order valence-electron chi connectivity index (χ3n) is 3.18. The first-order valence-corrected chi connectivity index (χ1v) is 6.06. The Labute approximate surface area is 104 Å². The maximum atomic E-state index is 4.21. The standard InChI is InChI=1S/C17H18/c1-4-15-9-11-16(12-10-15)14(3)17-8-6-5-7-13(17)2/h5-12H,3-4H2,1-2H3. The first-order valence-electron chi connectivity index (χ1n) is 6.06. The van der Waals surface area contributed by atoms with Crippen LogP contribution in [-0.4, -0.2) is 0 Å². The molecule has 0 aliphatic heterocycles. The summed E-state index contributed by atoms with van der Waals surface area (Å²) in [7, 11) is 0. The van der Waals surface area contributed by atoms with Crippen LogP contribution in [0.15, 0.2) is 55.1 Å². The second-order valence-electron chi connectivity index (χ2n) is 4.34. The number of hydrogen-bond donors (Lipinski definition) is 0. The van der Waals surface area contributed by atoms with Gasteiger partial charge in [-0.25, -0.2) is 0 Å². The Morgan fingerprint density at radius 2 is 1.65 bits per heavy atom. The molecule has 0 aliphatic rings. The Morgan fingerprint density at radius 3 is 2.24 bits per heavy atom. The zero-order valence-electron chi connectivity index (χ0n) is 10.5. The molecule has 0 saturated carbocycles. The molecule has 0 atom stereocenters. The Balaban J connectivity index is 2.34. The quantitative estimate of drug-likeness (QED) is 0.711. The fourth-order valence-corrected chi connectivity index (χ4v) is 2.01. The van der Waals surface area contributed by atoms with Crippen molar-refractivity contribution in [1.29, 1.82) is 0 Å². The topological polar surface area (TPSA) is 0 Å². The monoisotopic (exact) mass is 222 g/mol. The molecule has 0 N–H and O–H groups in total. The maximum absolute atomic E-state index is 4.21. The summed E-state index contributed by atoms with van der Waals surface area (Å²) in [5.74, 6) is 0. The molecule has 0 fully saturated rings. The van der Waals surface area contributed by atoms with Gasteiger partial charge in [-0.1, -0.05) is 62.0 Å². The van der Waals surface area contributed by atoms with Crippen LogP contribution in [0.1, 0.15) is 29.2 Å². The molecule has 17 heavy (non-hydrogen) atoms. The van der Waals surface area contributed by atoms with Gasteiger partial charge in [0.05, 0.1) is 0 Å². The molecule has 0 aliphatic carbocycles. The van der Waals surface area contributed by atoms with Crippen molar-refractivity contribution >= 4 is 5.57 Å². The molecule has 0 radical (unpaired) electrons. The lowest BCUT2D eigenvalue weighted by molar-refractivity contribution is 1.14. The zero-order valence-corrected chi connectivity index (χ0v) is 10.5. The van der Waals surface area contributed by atoms with Gasteiger partial charge < -0.3 is 0 Å². The summed E-state index contributed by atoms with van der Waals surface area (Å²) in [5, 5.41) is 0. The Morgan fingerprint density at radius 1 is 1.00 bits per heavy atom. The molecule has 0 saturated heterocycles. The lowest BCUT2D eigenvalue weighted by Crippen LogP contribution is -1.90. The van der Waals surface area contributed by atoms with Crippen LogP contribution in [0.25, 0.3) is 5.57 Å². The molecule has 0 unspecified atom stereocenters. The van der Waals surface area contributed by atoms with Crippen molar-refractivity contribution in [3.63, 3.8) is 0 Å². The molecule has 2 rings (SSSR count). The van der Waals surface area contributed by atoms with Crippen LogP contribution in [0.3, 0.4) is 0 Å². The van der Waals surface area contributed by atoms with Crippen LogP contribution in [0.2, 0.25) is 0 Å². The van der Waals surface area contributed by atoms with E-state index in [9.17, 15) is 0 Å². The van der Waals surface area contributed by atoms with E-state index in [2.05, 4.69) is 69.0 Å². The van der Waals surface area contributed by atoms with E-state index in [4.69, 9.17) is 0 Å². The molecule has 2 aromatic carbocycles. The third-order valence-corrected chi connectivity index (χ3v) is 3.18. The summed E-state index contributed by atoms with van der Waals surface area (Å²) in [6.45, 7) is 8.51. The smallest absolute Gasteiger partial charge is 0.0155 e. The second-order valence-corrected chi connectivity index (χ2v) is 4.34. The van der Waals surface area contributed by atoms with Crippen molar-refractivity contribution in [3.8, 4) is 0 Å². The van der Waals surface area contributed by atoms with E-state index in [-0.39, 0.29) is 0 Å². The summed E-state index contributed by atoms with van der Waals surface area (Å²) in [6.07, 6.45) is 1.08. The van der Waals surface area contributed by atoms with Crippen LogP contribution < -0.4 is 0 Å². The molecule has 0 bridgehead atoms. The van der Waals surface area contributed by atoms with E-state index in [0.29, 0.717) is 0 Å². The molecule has 0 amide bonds. The molecule has 86 valence electrons. The van der Waals surface area contributed by atoms with Crippen molar-refractivity contribution in [3.05, 3.63) is 77.4 Å². The summed E-state index contributed by atoms with van der Waals surface area (Å²) < 4.78 is 0. The minimum atomic E-state index is 1.08. The van der Waals surface area contributed by atoms with Crippen molar-refractivity contribution in [2.24, 2.45) is 0 Å². The third kappa shape index (κ3) is 2.47. The summed E-state index contributed by atoms with van der Waals surface area (Å²) in [5.41, 5.74) is 6.18. The van der Waals surface area contributed by atoms with Crippen molar-refractivity contribution in [2.45, 2.75) is 20.3 Å². The fourth-order valence-electron chi connectivity index (χ4n) is 2.01. The molecule has 0 heterocycles. The highest BCUT2D eigenvalue weighted by Crippen LogP contribution is 2.24. The van der Waals surface area contributed by atoms with Crippen LogP contribution in [0.4, 0.5) is 0 Å². The van der Waals surface area contributed by atoms with Gasteiger partial charge in [0.1, 0.15) is 0 Å². The summed E-state index contributed by atoms with van der Waals surface area (Å²) in [4.78, 5) is 0. The average molecular weight is 222 g/mol. The zero-order chi connectivity index (χ0) is 12.3. The highest BCUT2D eigenvalue weighted by atomic mass is 14.1. The molecule has 2 aromatic rings. The van der Waals surface area contributed by atoms with E-state index in [1.54, 1.807) is 0 Å². The molecular weight excluding hydrogens is 204 g/mol. The number of aryl methyl sites for hydroxylation is 2. The van der Waals surface area contributed by atoms with Gasteiger partial charge in [-0.15, -0.1) is 0 Å². The van der Waals surface area contributed by atoms with Gasteiger partial charge in [-0.05, 0) is 41.2 Å². The minimum absolute atomic E-state index is 1.08. The Bertz CT molecular complexity index is 518. The molecule has 0 nitrogen and oxygen atoms in total. The average Bonchev–Trinajstić information content (AvgIpc) is 2.39. The SMILES string of the molecule is C=C(c1ccc(CC)cc1)c1ccccc1C. The van der Waals surface area contributed by atoms with E-state index in [1.165, 1.54) is 22.3 Å². The normalized spacial score (nSPS) is 10.2.